The summed E-state index contributed by atoms with van der Waals surface area (Å²) in [7, 11) is -3.90. The second kappa shape index (κ2) is 5.41. The van der Waals surface area contributed by atoms with Gasteiger partial charge in [0.05, 0.1) is 22.7 Å². The third-order valence-corrected chi connectivity index (χ3v) is 5.83. The molecule has 0 spiro atoms. The summed E-state index contributed by atoms with van der Waals surface area (Å²) in [6.07, 6.45) is -2.25. The number of aromatic carboxylic acids is 1. The SMILES string of the molecule is O=C(O)c1ccc(S(=O)(=O)N2C[C@@H](O)[C@@H](O)C2)c(Br)c1. The zero-order valence-corrected chi connectivity index (χ0v) is 12.5. The highest BCUT2D eigenvalue weighted by Crippen LogP contribution is 2.28. The van der Waals surface area contributed by atoms with Gasteiger partial charge in [-0.25, -0.2) is 13.2 Å². The zero-order chi connectivity index (χ0) is 15.1. The number of carbonyl (C=O) groups is 1. The van der Waals surface area contributed by atoms with Crippen LogP contribution in [0.15, 0.2) is 27.6 Å². The Hall–Kier alpha value is -1.00. The van der Waals surface area contributed by atoms with Gasteiger partial charge in [0.2, 0.25) is 10.0 Å². The van der Waals surface area contributed by atoms with E-state index in [0.29, 0.717) is 0 Å². The molecule has 0 saturated carbocycles. The summed E-state index contributed by atoms with van der Waals surface area (Å²) in [5, 5.41) is 27.7. The van der Waals surface area contributed by atoms with Gasteiger partial charge in [0.1, 0.15) is 0 Å². The van der Waals surface area contributed by atoms with Gasteiger partial charge in [0.25, 0.3) is 0 Å². The summed E-state index contributed by atoms with van der Waals surface area (Å²) in [5.74, 6) is -1.17. The van der Waals surface area contributed by atoms with Crippen LogP contribution in [0.4, 0.5) is 0 Å². The Balaban J connectivity index is 2.38. The van der Waals surface area contributed by atoms with Gasteiger partial charge in [-0.05, 0) is 34.1 Å². The van der Waals surface area contributed by atoms with E-state index in [1.54, 1.807) is 0 Å². The Morgan fingerprint density at radius 3 is 2.25 bits per heavy atom. The van der Waals surface area contributed by atoms with Gasteiger partial charge in [0, 0.05) is 17.6 Å². The summed E-state index contributed by atoms with van der Waals surface area (Å²) in [5.41, 5.74) is -0.0442. The Morgan fingerprint density at radius 1 is 1.25 bits per heavy atom. The van der Waals surface area contributed by atoms with Crippen molar-refractivity contribution in [1.29, 1.82) is 0 Å². The lowest BCUT2D eigenvalue weighted by Crippen LogP contribution is -2.30. The van der Waals surface area contributed by atoms with E-state index >= 15 is 0 Å². The minimum atomic E-state index is -3.90. The van der Waals surface area contributed by atoms with Crippen molar-refractivity contribution in [2.75, 3.05) is 13.1 Å². The zero-order valence-electron chi connectivity index (χ0n) is 10.1. The van der Waals surface area contributed by atoms with Gasteiger partial charge >= 0.3 is 5.97 Å². The van der Waals surface area contributed by atoms with Gasteiger partial charge in [-0.3, -0.25) is 0 Å². The molecule has 0 aliphatic carbocycles. The van der Waals surface area contributed by atoms with Gasteiger partial charge < -0.3 is 15.3 Å². The van der Waals surface area contributed by atoms with E-state index in [-0.39, 0.29) is 28.0 Å². The first-order valence-electron chi connectivity index (χ1n) is 5.62. The Labute approximate surface area is 123 Å². The average Bonchev–Trinajstić information content (AvgIpc) is 2.69. The number of carboxylic acid groups (broad SMARTS) is 1. The lowest BCUT2D eigenvalue weighted by molar-refractivity contribution is 0.0572. The lowest BCUT2D eigenvalue weighted by Gasteiger charge is -2.16. The summed E-state index contributed by atoms with van der Waals surface area (Å²) in [6.45, 7) is -0.396. The molecule has 1 fully saturated rings. The van der Waals surface area contributed by atoms with Gasteiger partial charge in [-0.1, -0.05) is 0 Å². The van der Waals surface area contributed by atoms with Crippen LogP contribution < -0.4 is 0 Å². The van der Waals surface area contributed by atoms with E-state index in [2.05, 4.69) is 15.9 Å². The van der Waals surface area contributed by atoms with Crippen molar-refractivity contribution >= 4 is 31.9 Å². The molecule has 0 radical (unpaired) electrons. The molecular formula is C11H12BrNO6S. The van der Waals surface area contributed by atoms with Crippen molar-refractivity contribution < 1.29 is 28.5 Å². The standard InChI is InChI=1S/C11H12BrNO6S/c12-7-3-6(11(16)17)1-2-10(7)20(18,19)13-4-8(14)9(15)5-13/h1-3,8-9,14-15H,4-5H2,(H,16,17)/t8-,9+. The molecule has 2 atom stereocenters. The van der Waals surface area contributed by atoms with Crippen LogP contribution in [-0.2, 0) is 10.0 Å². The molecule has 1 aromatic carbocycles. The van der Waals surface area contributed by atoms with E-state index in [4.69, 9.17) is 5.11 Å². The number of aliphatic hydroxyl groups is 2. The van der Waals surface area contributed by atoms with Crippen molar-refractivity contribution in [3.05, 3.63) is 28.2 Å². The molecular weight excluding hydrogens is 354 g/mol. The van der Waals surface area contributed by atoms with Crippen LogP contribution in [0.5, 0.6) is 0 Å². The fraction of sp³-hybridized carbons (Fsp3) is 0.364. The smallest absolute Gasteiger partial charge is 0.335 e. The van der Waals surface area contributed by atoms with Crippen LogP contribution in [0.3, 0.4) is 0 Å². The maximum absolute atomic E-state index is 12.4. The molecule has 0 aromatic heterocycles. The highest BCUT2D eigenvalue weighted by Gasteiger charge is 2.38. The van der Waals surface area contributed by atoms with Gasteiger partial charge in [0.15, 0.2) is 0 Å². The first-order chi connectivity index (χ1) is 9.23. The van der Waals surface area contributed by atoms with Crippen molar-refractivity contribution in [3.63, 3.8) is 0 Å². The Bertz CT molecular complexity index is 636. The summed E-state index contributed by atoms with van der Waals surface area (Å²) in [4.78, 5) is 10.7. The average molecular weight is 366 g/mol. The monoisotopic (exact) mass is 365 g/mol. The maximum atomic E-state index is 12.4. The molecule has 20 heavy (non-hydrogen) atoms. The van der Waals surface area contributed by atoms with Crippen molar-refractivity contribution in [3.8, 4) is 0 Å². The minimum Gasteiger partial charge on any atom is -0.478 e. The molecule has 3 N–H and O–H groups in total. The van der Waals surface area contributed by atoms with Crippen LogP contribution in [0.2, 0.25) is 0 Å². The number of benzene rings is 1. The number of hydrogen-bond donors (Lipinski definition) is 3. The first-order valence-corrected chi connectivity index (χ1v) is 7.86. The number of halogens is 1. The van der Waals surface area contributed by atoms with E-state index in [1.807, 2.05) is 0 Å². The Kier molecular flexibility index (Phi) is 4.17. The second-order valence-corrected chi connectivity index (χ2v) is 7.17. The van der Waals surface area contributed by atoms with E-state index in [0.717, 1.165) is 4.31 Å². The lowest BCUT2D eigenvalue weighted by atomic mass is 10.2. The largest absolute Gasteiger partial charge is 0.478 e. The van der Waals surface area contributed by atoms with Crippen molar-refractivity contribution in [2.24, 2.45) is 0 Å². The van der Waals surface area contributed by atoms with E-state index < -0.39 is 28.2 Å². The number of sulfonamides is 1. The molecule has 1 heterocycles. The van der Waals surface area contributed by atoms with Crippen molar-refractivity contribution in [2.45, 2.75) is 17.1 Å². The summed E-state index contributed by atoms with van der Waals surface area (Å²) < 4.78 is 25.8. The van der Waals surface area contributed by atoms with Crippen LogP contribution in [0.1, 0.15) is 10.4 Å². The maximum Gasteiger partial charge on any atom is 0.335 e. The third kappa shape index (κ3) is 2.72. The van der Waals surface area contributed by atoms with Crippen LogP contribution >= 0.6 is 15.9 Å². The minimum absolute atomic E-state index is 0.0442. The molecule has 1 aromatic rings. The Morgan fingerprint density at radius 2 is 1.80 bits per heavy atom. The molecule has 0 unspecified atom stereocenters. The normalized spacial score (nSPS) is 23.9. The summed E-state index contributed by atoms with van der Waals surface area (Å²) >= 11 is 3.03. The second-order valence-electron chi connectivity index (χ2n) is 4.41. The molecule has 1 aliphatic rings. The molecule has 9 heteroatoms. The highest BCUT2D eigenvalue weighted by molar-refractivity contribution is 9.10. The molecule has 110 valence electrons. The number of carboxylic acids is 1. The number of aliphatic hydroxyl groups excluding tert-OH is 2. The topological polar surface area (TPSA) is 115 Å². The predicted molar refractivity (Wildman–Crippen MR) is 71.9 cm³/mol. The fourth-order valence-corrected chi connectivity index (χ4v) is 4.43. The quantitative estimate of drug-likeness (QED) is 0.687. The van der Waals surface area contributed by atoms with Crippen LogP contribution in [-0.4, -0.2) is 59.3 Å². The number of nitrogens with zero attached hydrogens (tertiary/aromatic N) is 1. The first kappa shape index (κ1) is 15.4. The number of hydrogen-bond acceptors (Lipinski definition) is 5. The number of rotatable bonds is 3. The van der Waals surface area contributed by atoms with Crippen LogP contribution in [0, 0.1) is 0 Å². The third-order valence-electron chi connectivity index (χ3n) is 3.02. The van der Waals surface area contributed by atoms with Gasteiger partial charge in [-0.15, -0.1) is 0 Å². The molecule has 0 amide bonds. The molecule has 1 saturated heterocycles. The van der Waals surface area contributed by atoms with E-state index in [1.165, 1.54) is 18.2 Å². The fourth-order valence-electron chi connectivity index (χ4n) is 1.91. The molecule has 2 rings (SSSR count). The van der Waals surface area contributed by atoms with Crippen LogP contribution in [0.25, 0.3) is 0 Å². The number of β-amino-alcohol motifs (C(OH)–C–C–N with tert-alkyl or cyclic N) is 2. The van der Waals surface area contributed by atoms with E-state index in [9.17, 15) is 23.4 Å². The van der Waals surface area contributed by atoms with Gasteiger partial charge in [-0.2, -0.15) is 4.31 Å². The predicted octanol–water partition coefficient (Wildman–Crippen LogP) is -0.127. The summed E-state index contributed by atoms with van der Waals surface area (Å²) in [6, 6.07) is 3.56. The highest BCUT2D eigenvalue weighted by atomic mass is 79.9. The molecule has 1 aliphatic heterocycles. The van der Waals surface area contributed by atoms with Crippen molar-refractivity contribution in [1.82, 2.24) is 4.31 Å². The molecule has 7 nitrogen and oxygen atoms in total. The molecule has 0 bridgehead atoms.